The van der Waals surface area contributed by atoms with Gasteiger partial charge in [0, 0.05) is 24.1 Å². The SMILES string of the molecule is c1csc(CCNC2CCOC2C2CC2)c1. The van der Waals surface area contributed by atoms with Crippen LogP contribution in [-0.4, -0.2) is 25.3 Å². The van der Waals surface area contributed by atoms with Crippen LogP contribution in [0, 0.1) is 5.92 Å². The summed E-state index contributed by atoms with van der Waals surface area (Å²) in [4.78, 5) is 1.48. The van der Waals surface area contributed by atoms with Gasteiger partial charge in [0.2, 0.25) is 0 Å². The van der Waals surface area contributed by atoms with Gasteiger partial charge in [-0.1, -0.05) is 6.07 Å². The summed E-state index contributed by atoms with van der Waals surface area (Å²) in [6, 6.07) is 4.97. The van der Waals surface area contributed by atoms with Gasteiger partial charge in [-0.05, 0) is 43.0 Å². The van der Waals surface area contributed by atoms with E-state index in [0.29, 0.717) is 12.1 Å². The molecule has 2 nitrogen and oxygen atoms in total. The van der Waals surface area contributed by atoms with Gasteiger partial charge in [0.1, 0.15) is 0 Å². The summed E-state index contributed by atoms with van der Waals surface area (Å²) in [6.07, 6.45) is 5.64. The molecule has 0 spiro atoms. The molecule has 0 amide bonds. The van der Waals surface area contributed by atoms with Crippen LogP contribution in [0.1, 0.15) is 24.1 Å². The molecule has 1 aromatic rings. The van der Waals surface area contributed by atoms with E-state index >= 15 is 0 Å². The Kier molecular flexibility index (Phi) is 3.27. The maximum atomic E-state index is 5.82. The van der Waals surface area contributed by atoms with Gasteiger partial charge in [-0.3, -0.25) is 0 Å². The molecule has 2 aliphatic rings. The fourth-order valence-electron chi connectivity index (χ4n) is 2.55. The summed E-state index contributed by atoms with van der Waals surface area (Å²) in [5.41, 5.74) is 0. The van der Waals surface area contributed by atoms with Crippen LogP contribution in [0.3, 0.4) is 0 Å². The van der Waals surface area contributed by atoms with Crippen molar-refractivity contribution in [1.82, 2.24) is 5.32 Å². The molecule has 3 heteroatoms. The minimum atomic E-state index is 0.517. The van der Waals surface area contributed by atoms with E-state index in [4.69, 9.17) is 4.74 Å². The Bertz CT molecular complexity index is 321. The second-order valence-electron chi connectivity index (χ2n) is 4.85. The number of ether oxygens (including phenoxy) is 1. The van der Waals surface area contributed by atoms with Crippen molar-refractivity contribution in [1.29, 1.82) is 0 Å². The van der Waals surface area contributed by atoms with Crippen molar-refractivity contribution in [3.8, 4) is 0 Å². The predicted octanol–water partition coefficient (Wildman–Crippen LogP) is 2.45. The molecule has 1 aromatic heterocycles. The van der Waals surface area contributed by atoms with Crippen LogP contribution in [0.4, 0.5) is 0 Å². The predicted molar refractivity (Wildman–Crippen MR) is 66.9 cm³/mol. The lowest BCUT2D eigenvalue weighted by atomic mass is 10.1. The molecule has 2 atom stereocenters. The van der Waals surface area contributed by atoms with Gasteiger partial charge in [0.05, 0.1) is 6.10 Å². The first-order chi connectivity index (χ1) is 7.93. The van der Waals surface area contributed by atoms with Gasteiger partial charge in [0.25, 0.3) is 0 Å². The largest absolute Gasteiger partial charge is 0.376 e. The Morgan fingerprint density at radius 3 is 3.06 bits per heavy atom. The van der Waals surface area contributed by atoms with Crippen molar-refractivity contribution in [3.05, 3.63) is 22.4 Å². The summed E-state index contributed by atoms with van der Waals surface area (Å²) in [7, 11) is 0. The molecular weight excluding hydrogens is 218 g/mol. The number of hydrogen-bond donors (Lipinski definition) is 1. The summed E-state index contributed by atoms with van der Waals surface area (Å²) >= 11 is 1.85. The molecule has 0 aromatic carbocycles. The first kappa shape index (κ1) is 10.8. The third kappa shape index (κ3) is 2.47. The molecule has 1 aliphatic carbocycles. The van der Waals surface area contributed by atoms with E-state index in [1.54, 1.807) is 0 Å². The van der Waals surface area contributed by atoms with Crippen molar-refractivity contribution in [3.63, 3.8) is 0 Å². The molecule has 2 unspecified atom stereocenters. The summed E-state index contributed by atoms with van der Waals surface area (Å²) in [5, 5.41) is 5.83. The van der Waals surface area contributed by atoms with Crippen molar-refractivity contribution in [2.75, 3.05) is 13.2 Å². The van der Waals surface area contributed by atoms with E-state index in [1.807, 2.05) is 11.3 Å². The maximum Gasteiger partial charge on any atom is 0.0756 e. The lowest BCUT2D eigenvalue weighted by molar-refractivity contribution is 0.0813. The smallest absolute Gasteiger partial charge is 0.0756 e. The highest BCUT2D eigenvalue weighted by atomic mass is 32.1. The van der Waals surface area contributed by atoms with Gasteiger partial charge in [-0.2, -0.15) is 0 Å². The fourth-order valence-corrected chi connectivity index (χ4v) is 3.26. The highest BCUT2D eigenvalue weighted by Gasteiger charge is 2.40. The molecule has 1 N–H and O–H groups in total. The van der Waals surface area contributed by atoms with E-state index in [0.717, 1.165) is 25.5 Å². The van der Waals surface area contributed by atoms with E-state index < -0.39 is 0 Å². The lowest BCUT2D eigenvalue weighted by Crippen LogP contribution is -2.38. The van der Waals surface area contributed by atoms with E-state index in [9.17, 15) is 0 Å². The summed E-state index contributed by atoms with van der Waals surface area (Å²) < 4.78 is 5.82. The number of thiophene rings is 1. The highest BCUT2D eigenvalue weighted by Crippen LogP contribution is 2.38. The monoisotopic (exact) mass is 237 g/mol. The Hall–Kier alpha value is -0.380. The van der Waals surface area contributed by atoms with E-state index in [-0.39, 0.29) is 0 Å². The molecule has 88 valence electrons. The van der Waals surface area contributed by atoms with Gasteiger partial charge >= 0.3 is 0 Å². The van der Waals surface area contributed by atoms with Crippen LogP contribution < -0.4 is 5.32 Å². The molecule has 1 saturated heterocycles. The molecule has 0 radical (unpaired) electrons. The van der Waals surface area contributed by atoms with Crippen molar-refractivity contribution in [2.45, 2.75) is 37.8 Å². The van der Waals surface area contributed by atoms with Gasteiger partial charge in [0.15, 0.2) is 0 Å². The fraction of sp³-hybridized carbons (Fsp3) is 0.692. The van der Waals surface area contributed by atoms with Crippen LogP contribution in [-0.2, 0) is 11.2 Å². The first-order valence-electron chi connectivity index (χ1n) is 6.31. The van der Waals surface area contributed by atoms with Crippen LogP contribution >= 0.6 is 11.3 Å². The normalized spacial score (nSPS) is 29.8. The zero-order chi connectivity index (χ0) is 10.8. The molecule has 1 saturated carbocycles. The second-order valence-corrected chi connectivity index (χ2v) is 5.88. The van der Waals surface area contributed by atoms with Crippen molar-refractivity contribution in [2.24, 2.45) is 5.92 Å². The number of nitrogens with one attached hydrogen (secondary N) is 1. The van der Waals surface area contributed by atoms with Crippen molar-refractivity contribution >= 4 is 11.3 Å². The van der Waals surface area contributed by atoms with Crippen LogP contribution in [0.2, 0.25) is 0 Å². The van der Waals surface area contributed by atoms with Gasteiger partial charge in [-0.25, -0.2) is 0 Å². The number of hydrogen-bond acceptors (Lipinski definition) is 3. The second kappa shape index (κ2) is 4.86. The Balaban J connectivity index is 1.44. The van der Waals surface area contributed by atoms with E-state index in [1.165, 1.54) is 24.1 Å². The lowest BCUT2D eigenvalue weighted by Gasteiger charge is -2.19. The number of rotatable bonds is 5. The zero-order valence-corrected chi connectivity index (χ0v) is 10.3. The molecule has 1 aliphatic heterocycles. The minimum Gasteiger partial charge on any atom is -0.376 e. The third-order valence-corrected chi connectivity index (χ3v) is 4.52. The minimum absolute atomic E-state index is 0.517. The Labute approximate surface area is 101 Å². The molecule has 3 rings (SSSR count). The third-order valence-electron chi connectivity index (χ3n) is 3.58. The maximum absolute atomic E-state index is 5.82. The molecule has 0 bridgehead atoms. The first-order valence-corrected chi connectivity index (χ1v) is 7.19. The topological polar surface area (TPSA) is 21.3 Å². The summed E-state index contributed by atoms with van der Waals surface area (Å²) in [5.74, 6) is 0.863. The summed E-state index contributed by atoms with van der Waals surface area (Å²) in [6.45, 7) is 2.05. The molecule has 2 heterocycles. The van der Waals surface area contributed by atoms with Crippen LogP contribution in [0.15, 0.2) is 17.5 Å². The average Bonchev–Trinajstić information content (AvgIpc) is 2.82. The molecule has 2 fully saturated rings. The quantitative estimate of drug-likeness (QED) is 0.849. The Morgan fingerprint density at radius 2 is 2.31 bits per heavy atom. The Morgan fingerprint density at radius 1 is 1.38 bits per heavy atom. The standard InChI is InChI=1S/C13H19NOS/c1-2-11(16-9-1)5-7-14-12-6-8-15-13(12)10-3-4-10/h1-2,9-10,12-14H,3-8H2. The van der Waals surface area contributed by atoms with Crippen LogP contribution in [0.5, 0.6) is 0 Å². The highest BCUT2D eigenvalue weighted by molar-refractivity contribution is 7.09. The molecular formula is C13H19NOS. The van der Waals surface area contributed by atoms with E-state index in [2.05, 4.69) is 22.8 Å². The zero-order valence-electron chi connectivity index (χ0n) is 9.52. The van der Waals surface area contributed by atoms with Crippen LogP contribution in [0.25, 0.3) is 0 Å². The average molecular weight is 237 g/mol. The van der Waals surface area contributed by atoms with Crippen molar-refractivity contribution < 1.29 is 4.74 Å². The molecule has 16 heavy (non-hydrogen) atoms. The van der Waals surface area contributed by atoms with Gasteiger partial charge in [-0.15, -0.1) is 11.3 Å². The van der Waals surface area contributed by atoms with Gasteiger partial charge < -0.3 is 10.1 Å².